The van der Waals surface area contributed by atoms with Crippen molar-refractivity contribution in [3.8, 4) is 17.1 Å². The maximum atomic E-state index is 13.6. The molecule has 4 N–H and O–H groups in total. The molecule has 16 nitrogen and oxygen atoms in total. The van der Waals surface area contributed by atoms with E-state index in [2.05, 4.69) is 15.1 Å². The molecule has 8 rings (SSSR count). The molecular formula is C35H37N9O7. The Balaban J connectivity index is 0.949. The van der Waals surface area contributed by atoms with Crippen molar-refractivity contribution in [3.05, 3.63) is 74.7 Å². The number of anilines is 1. The van der Waals surface area contributed by atoms with Gasteiger partial charge in [-0.3, -0.25) is 14.5 Å². The molecule has 7 heterocycles. The topological polar surface area (TPSA) is 201 Å². The van der Waals surface area contributed by atoms with E-state index in [-0.39, 0.29) is 53.7 Å². The molecule has 4 aliphatic heterocycles. The fourth-order valence-corrected chi connectivity index (χ4v) is 7.54. The van der Waals surface area contributed by atoms with Crippen LogP contribution in [-0.4, -0.2) is 115 Å². The van der Waals surface area contributed by atoms with Crippen molar-refractivity contribution in [2.24, 2.45) is 5.73 Å². The van der Waals surface area contributed by atoms with Gasteiger partial charge in [0.25, 0.3) is 11.5 Å². The van der Waals surface area contributed by atoms with E-state index in [4.69, 9.17) is 15.5 Å². The Morgan fingerprint density at radius 1 is 0.961 bits per heavy atom. The summed E-state index contributed by atoms with van der Waals surface area (Å²) in [4.78, 5) is 63.6. The number of rotatable bonds is 5. The summed E-state index contributed by atoms with van der Waals surface area (Å²) in [6.07, 6.45) is 0.0644. The molecule has 3 aromatic heterocycles. The first-order valence-electron chi connectivity index (χ1n) is 17.0. The summed E-state index contributed by atoms with van der Waals surface area (Å²) < 4.78 is 6.77. The van der Waals surface area contributed by atoms with Crippen molar-refractivity contribution in [1.29, 1.82) is 0 Å². The molecule has 16 heteroatoms. The van der Waals surface area contributed by atoms with E-state index in [1.54, 1.807) is 41.8 Å². The number of esters is 1. The number of phenolic OH excluding ortho intramolecular Hbond substituents is 1. The molecule has 0 unspecified atom stereocenters. The lowest BCUT2D eigenvalue weighted by Gasteiger charge is -2.40. The molecule has 0 saturated carbocycles. The number of hydrogen-bond acceptors (Lipinski definition) is 12. The van der Waals surface area contributed by atoms with Crippen molar-refractivity contribution in [2.45, 2.75) is 38.6 Å². The summed E-state index contributed by atoms with van der Waals surface area (Å²) in [6, 6.07) is 10.3. The fourth-order valence-electron chi connectivity index (χ4n) is 7.54. The minimum Gasteiger partial charge on any atom is -0.508 e. The number of benzene rings is 1. The zero-order valence-electron chi connectivity index (χ0n) is 28.0. The van der Waals surface area contributed by atoms with Crippen LogP contribution in [0.2, 0.25) is 0 Å². The lowest BCUT2D eigenvalue weighted by Crippen LogP contribution is -2.56. The van der Waals surface area contributed by atoms with Crippen LogP contribution in [-0.2, 0) is 34.8 Å². The Morgan fingerprint density at radius 3 is 2.35 bits per heavy atom. The number of carbonyl (C=O) groups excluding carboxylic acids is 3. The van der Waals surface area contributed by atoms with Gasteiger partial charge in [0.1, 0.15) is 12.4 Å². The van der Waals surface area contributed by atoms with Crippen LogP contribution in [0.3, 0.4) is 0 Å². The lowest BCUT2D eigenvalue weighted by molar-refractivity contribution is -0.172. The van der Waals surface area contributed by atoms with E-state index in [1.165, 1.54) is 0 Å². The van der Waals surface area contributed by atoms with Gasteiger partial charge < -0.3 is 40.0 Å². The third-order valence-electron chi connectivity index (χ3n) is 10.6. The number of aromatic hydroxyl groups is 1. The Morgan fingerprint density at radius 2 is 1.69 bits per heavy atom. The van der Waals surface area contributed by atoms with Gasteiger partial charge >= 0.3 is 12.0 Å². The van der Waals surface area contributed by atoms with E-state index in [1.807, 2.05) is 20.8 Å². The summed E-state index contributed by atoms with van der Waals surface area (Å²) in [5.74, 6) is -0.627. The van der Waals surface area contributed by atoms with Crippen LogP contribution in [0.25, 0.3) is 22.3 Å². The number of piperazine rings is 2. The first kappa shape index (κ1) is 32.6. The number of carbonyl (C=O) groups is 3. The molecule has 1 aromatic carbocycles. The van der Waals surface area contributed by atoms with Crippen LogP contribution in [0, 0.1) is 0 Å². The van der Waals surface area contributed by atoms with Gasteiger partial charge in [0.05, 0.1) is 29.0 Å². The smallest absolute Gasteiger partial charge is 0.343 e. The lowest BCUT2D eigenvalue weighted by atomic mass is 9.86. The molecule has 0 radical (unpaired) electrons. The first-order chi connectivity index (χ1) is 24.5. The monoisotopic (exact) mass is 695 g/mol. The van der Waals surface area contributed by atoms with Crippen molar-refractivity contribution < 1.29 is 29.3 Å². The molecule has 0 aliphatic carbocycles. The second-order valence-electron chi connectivity index (χ2n) is 13.4. The number of pyridine rings is 2. The number of nitrogens with two attached hydrogens (primary N) is 1. The van der Waals surface area contributed by atoms with Crippen molar-refractivity contribution in [3.63, 3.8) is 0 Å². The average Bonchev–Trinajstić information content (AvgIpc) is 3.51. The molecule has 4 aliphatic rings. The molecule has 0 spiro atoms. The number of aromatic nitrogens is 4. The fraction of sp³-hybridized carbons (Fsp3) is 0.400. The van der Waals surface area contributed by atoms with Crippen LogP contribution >= 0.6 is 0 Å². The van der Waals surface area contributed by atoms with Gasteiger partial charge in [0.2, 0.25) is 0 Å². The number of hydrogen-bond donors (Lipinski definition) is 3. The largest absolute Gasteiger partial charge is 0.508 e. The van der Waals surface area contributed by atoms with Crippen LogP contribution < -0.4 is 16.2 Å². The second-order valence-corrected chi connectivity index (χ2v) is 13.4. The Labute approximate surface area is 291 Å². The maximum absolute atomic E-state index is 13.6. The quantitative estimate of drug-likeness (QED) is 0.218. The van der Waals surface area contributed by atoms with Crippen LogP contribution in [0.1, 0.15) is 46.1 Å². The minimum atomic E-state index is -1.90. The maximum Gasteiger partial charge on any atom is 0.343 e. The summed E-state index contributed by atoms with van der Waals surface area (Å²) in [5, 5.41) is 30.9. The van der Waals surface area contributed by atoms with Gasteiger partial charge in [-0.05, 0) is 42.8 Å². The van der Waals surface area contributed by atoms with E-state index >= 15 is 0 Å². The number of aliphatic hydroxyl groups is 1. The highest BCUT2D eigenvalue weighted by atomic mass is 16.6. The molecule has 2 fully saturated rings. The zero-order valence-corrected chi connectivity index (χ0v) is 28.0. The van der Waals surface area contributed by atoms with Gasteiger partial charge in [-0.25, -0.2) is 14.6 Å². The first-order valence-corrected chi connectivity index (χ1v) is 17.0. The van der Waals surface area contributed by atoms with Crippen molar-refractivity contribution in [2.75, 3.05) is 57.3 Å². The van der Waals surface area contributed by atoms with Gasteiger partial charge in [-0.15, -0.1) is 10.2 Å². The Hall–Kier alpha value is -5.61. The zero-order chi connectivity index (χ0) is 35.6. The number of phenols is 1. The standard InChI is InChI=1S/C35H37N9O7/c1-2-35(50)24-16-27-30-20(17-44(27)32(47)23(24)19-51-33(35)48)15-21-22(28(45)5-3-25(21)37-30)18-40-7-9-42(10-8-40)34(49)43-13-11-41(12-14-43)29-6-4-26(31(36)46)38-39-29/h3-6,15-16,45,50H,2,7-14,17-19H2,1H3,(H2,36,46)/t35-/m0/s1. The third kappa shape index (κ3) is 5.41. The highest BCUT2D eigenvalue weighted by molar-refractivity contribution is 5.91. The van der Waals surface area contributed by atoms with E-state index in [0.29, 0.717) is 87.2 Å². The van der Waals surface area contributed by atoms with Gasteiger partial charge in [0.15, 0.2) is 17.1 Å². The molecule has 1 atom stereocenters. The molecule has 3 amide bonds. The molecule has 264 valence electrons. The number of urea groups is 1. The van der Waals surface area contributed by atoms with Crippen LogP contribution in [0.4, 0.5) is 10.6 Å². The highest BCUT2D eigenvalue weighted by Crippen LogP contribution is 2.40. The number of cyclic esters (lactones) is 1. The van der Waals surface area contributed by atoms with E-state index in [9.17, 15) is 29.4 Å². The normalized spacial score (nSPS) is 20.2. The SMILES string of the molecule is CC[C@@]1(O)C(=O)OCc2c1cc1n(c2=O)Cc2cc3c(CN4CCN(C(=O)N5CCN(c6ccc(C(N)=O)nn6)CC5)CC4)c(O)ccc3nc2-1. The number of fused-ring (bicyclic) bond motifs is 5. The highest BCUT2D eigenvalue weighted by Gasteiger charge is 2.45. The number of amides is 3. The Bertz CT molecular complexity index is 2160. The molecule has 0 bridgehead atoms. The molecule has 4 aromatic rings. The minimum absolute atomic E-state index is 0.0120. The third-order valence-corrected chi connectivity index (χ3v) is 10.6. The van der Waals surface area contributed by atoms with Gasteiger partial charge in [0, 0.05) is 81.0 Å². The van der Waals surface area contributed by atoms with Crippen LogP contribution in [0.5, 0.6) is 5.75 Å². The summed E-state index contributed by atoms with van der Waals surface area (Å²) in [7, 11) is 0. The van der Waals surface area contributed by atoms with E-state index < -0.39 is 17.5 Å². The number of ether oxygens (including phenoxy) is 1. The van der Waals surface area contributed by atoms with Crippen molar-refractivity contribution in [1.82, 2.24) is 34.4 Å². The van der Waals surface area contributed by atoms with Gasteiger partial charge in [-0.1, -0.05) is 6.92 Å². The predicted octanol–water partition coefficient (Wildman–Crippen LogP) is 0.734. The second kappa shape index (κ2) is 12.3. The summed E-state index contributed by atoms with van der Waals surface area (Å²) in [6.45, 7) is 6.74. The summed E-state index contributed by atoms with van der Waals surface area (Å²) >= 11 is 0. The van der Waals surface area contributed by atoms with Crippen molar-refractivity contribution >= 4 is 34.6 Å². The summed E-state index contributed by atoms with van der Waals surface area (Å²) in [5.41, 5.74) is 6.95. The molecular weight excluding hydrogens is 658 g/mol. The molecule has 2 saturated heterocycles. The number of primary amides is 1. The number of nitrogens with zero attached hydrogens (tertiary/aromatic N) is 8. The van der Waals surface area contributed by atoms with Gasteiger partial charge in [-0.2, -0.15) is 0 Å². The predicted molar refractivity (Wildman–Crippen MR) is 183 cm³/mol. The Kier molecular flexibility index (Phi) is 7.87. The molecule has 51 heavy (non-hydrogen) atoms. The van der Waals surface area contributed by atoms with E-state index in [0.717, 1.165) is 10.9 Å². The van der Waals surface area contributed by atoms with Crippen LogP contribution in [0.15, 0.2) is 41.2 Å². The average molecular weight is 696 g/mol.